The first-order valence-corrected chi connectivity index (χ1v) is 9.13. The molecule has 1 aromatic heterocycles. The van der Waals surface area contributed by atoms with Crippen molar-refractivity contribution in [3.63, 3.8) is 0 Å². The van der Waals surface area contributed by atoms with E-state index in [1.54, 1.807) is 24.4 Å². The van der Waals surface area contributed by atoms with E-state index in [4.69, 9.17) is 9.47 Å². The summed E-state index contributed by atoms with van der Waals surface area (Å²) in [6.07, 6.45) is 1.48. The molecule has 1 unspecified atom stereocenters. The van der Waals surface area contributed by atoms with Crippen LogP contribution in [0.3, 0.4) is 0 Å². The number of benzene rings is 1. The number of ether oxygens (including phenoxy) is 2. The Morgan fingerprint density at radius 1 is 1.22 bits per heavy atom. The SMILES string of the molecule is CCNC(=NCc1ccnc(OCC)c1)NCC(C)Oc1ccccc1F. The van der Waals surface area contributed by atoms with Crippen molar-refractivity contribution in [3.05, 3.63) is 54.0 Å². The van der Waals surface area contributed by atoms with Crippen molar-refractivity contribution in [3.8, 4) is 11.6 Å². The standard InChI is InChI=1S/C20H27FN4O2/c1-4-22-20(25-14-16-10-11-23-19(12-16)26-5-2)24-13-15(3)27-18-9-7-6-8-17(18)21/h6-12,15H,4-5,13-14H2,1-3H3,(H2,22,24,25). The zero-order valence-corrected chi connectivity index (χ0v) is 16.0. The van der Waals surface area contributed by atoms with Gasteiger partial charge in [-0.2, -0.15) is 0 Å². The van der Waals surface area contributed by atoms with Crippen LogP contribution in [0.4, 0.5) is 4.39 Å². The van der Waals surface area contributed by atoms with E-state index in [0.717, 1.165) is 12.1 Å². The Morgan fingerprint density at radius 3 is 2.78 bits per heavy atom. The lowest BCUT2D eigenvalue weighted by Gasteiger charge is -2.18. The van der Waals surface area contributed by atoms with Crippen LogP contribution in [0.15, 0.2) is 47.6 Å². The summed E-state index contributed by atoms with van der Waals surface area (Å²) in [6.45, 7) is 8.07. The van der Waals surface area contributed by atoms with Gasteiger partial charge >= 0.3 is 0 Å². The fourth-order valence-corrected chi connectivity index (χ4v) is 2.33. The van der Waals surface area contributed by atoms with Crippen LogP contribution in [0, 0.1) is 5.82 Å². The Hall–Kier alpha value is -2.83. The summed E-state index contributed by atoms with van der Waals surface area (Å²) in [5.41, 5.74) is 1.00. The lowest BCUT2D eigenvalue weighted by Crippen LogP contribution is -2.41. The third-order valence-electron chi connectivity index (χ3n) is 3.58. The summed E-state index contributed by atoms with van der Waals surface area (Å²) >= 11 is 0. The number of rotatable bonds is 9. The van der Waals surface area contributed by atoms with Crippen molar-refractivity contribution in [2.45, 2.75) is 33.4 Å². The predicted molar refractivity (Wildman–Crippen MR) is 105 cm³/mol. The first kappa shape index (κ1) is 20.5. The van der Waals surface area contributed by atoms with E-state index in [-0.39, 0.29) is 17.7 Å². The lowest BCUT2D eigenvalue weighted by molar-refractivity contribution is 0.214. The molecule has 0 spiro atoms. The van der Waals surface area contributed by atoms with E-state index in [1.807, 2.05) is 32.9 Å². The maximum Gasteiger partial charge on any atom is 0.213 e. The number of pyridine rings is 1. The van der Waals surface area contributed by atoms with Gasteiger partial charge in [0.05, 0.1) is 19.7 Å². The highest BCUT2D eigenvalue weighted by molar-refractivity contribution is 5.79. The minimum atomic E-state index is -0.368. The zero-order chi connectivity index (χ0) is 19.5. The second kappa shape index (κ2) is 11.0. The van der Waals surface area contributed by atoms with Gasteiger partial charge in [-0.3, -0.25) is 0 Å². The van der Waals surface area contributed by atoms with Crippen LogP contribution in [0.2, 0.25) is 0 Å². The molecule has 0 saturated heterocycles. The summed E-state index contributed by atoms with van der Waals surface area (Å²) in [6, 6.07) is 10.2. The minimum Gasteiger partial charge on any atom is -0.486 e. The van der Waals surface area contributed by atoms with E-state index >= 15 is 0 Å². The molecular formula is C20H27FN4O2. The number of nitrogens with one attached hydrogen (secondary N) is 2. The van der Waals surface area contributed by atoms with Crippen LogP contribution in [-0.2, 0) is 6.54 Å². The van der Waals surface area contributed by atoms with E-state index in [2.05, 4.69) is 20.6 Å². The molecule has 0 saturated carbocycles. The van der Waals surface area contributed by atoms with Crippen molar-refractivity contribution >= 4 is 5.96 Å². The molecule has 0 aliphatic heterocycles. The number of halogens is 1. The highest BCUT2D eigenvalue weighted by Crippen LogP contribution is 2.16. The average Bonchev–Trinajstić information content (AvgIpc) is 2.66. The van der Waals surface area contributed by atoms with Gasteiger partial charge in [-0.25, -0.2) is 14.4 Å². The molecule has 1 heterocycles. The van der Waals surface area contributed by atoms with Gasteiger partial charge in [0.2, 0.25) is 5.88 Å². The quantitative estimate of drug-likeness (QED) is 0.521. The Bertz CT molecular complexity index is 739. The molecule has 1 aromatic carbocycles. The molecule has 1 atom stereocenters. The molecule has 0 radical (unpaired) electrons. The van der Waals surface area contributed by atoms with Crippen LogP contribution in [-0.4, -0.2) is 36.7 Å². The second-order valence-corrected chi connectivity index (χ2v) is 5.87. The Morgan fingerprint density at radius 2 is 2.04 bits per heavy atom. The summed E-state index contributed by atoms with van der Waals surface area (Å²) in [7, 11) is 0. The number of hydrogen-bond acceptors (Lipinski definition) is 4. The Labute approximate surface area is 159 Å². The molecule has 0 amide bonds. The van der Waals surface area contributed by atoms with Crippen molar-refractivity contribution in [1.82, 2.24) is 15.6 Å². The van der Waals surface area contributed by atoms with Crippen LogP contribution < -0.4 is 20.1 Å². The molecule has 0 bridgehead atoms. The number of aromatic nitrogens is 1. The van der Waals surface area contributed by atoms with Gasteiger partial charge in [-0.05, 0) is 44.5 Å². The van der Waals surface area contributed by atoms with Gasteiger partial charge < -0.3 is 20.1 Å². The molecule has 6 nitrogen and oxygen atoms in total. The smallest absolute Gasteiger partial charge is 0.213 e. The summed E-state index contributed by atoms with van der Waals surface area (Å²) < 4.78 is 24.7. The van der Waals surface area contributed by atoms with Crippen molar-refractivity contribution in [1.29, 1.82) is 0 Å². The van der Waals surface area contributed by atoms with E-state index < -0.39 is 0 Å². The van der Waals surface area contributed by atoms with E-state index in [1.165, 1.54) is 6.07 Å². The van der Waals surface area contributed by atoms with Crippen molar-refractivity contribution < 1.29 is 13.9 Å². The van der Waals surface area contributed by atoms with Gasteiger partial charge in [0.1, 0.15) is 6.10 Å². The maximum absolute atomic E-state index is 13.7. The van der Waals surface area contributed by atoms with Crippen LogP contribution in [0.25, 0.3) is 0 Å². The first-order chi connectivity index (χ1) is 13.1. The lowest BCUT2D eigenvalue weighted by atomic mass is 10.3. The van der Waals surface area contributed by atoms with E-state index in [9.17, 15) is 4.39 Å². The molecule has 0 fully saturated rings. The number of nitrogens with zero attached hydrogens (tertiary/aromatic N) is 2. The highest BCUT2D eigenvalue weighted by Gasteiger charge is 2.09. The monoisotopic (exact) mass is 374 g/mol. The van der Waals surface area contributed by atoms with Gasteiger partial charge in [0.15, 0.2) is 17.5 Å². The summed E-state index contributed by atoms with van der Waals surface area (Å²) in [5.74, 6) is 1.13. The molecule has 27 heavy (non-hydrogen) atoms. The molecule has 7 heteroatoms. The molecule has 0 aliphatic carbocycles. The Balaban J connectivity index is 1.91. The third-order valence-corrected chi connectivity index (χ3v) is 3.58. The predicted octanol–water partition coefficient (Wildman–Crippen LogP) is 3.14. The number of para-hydroxylation sites is 1. The second-order valence-electron chi connectivity index (χ2n) is 5.87. The topological polar surface area (TPSA) is 67.8 Å². The van der Waals surface area contributed by atoms with E-state index in [0.29, 0.717) is 31.5 Å². The first-order valence-electron chi connectivity index (χ1n) is 9.13. The molecule has 2 aromatic rings. The van der Waals surface area contributed by atoms with Crippen molar-refractivity contribution in [2.24, 2.45) is 4.99 Å². The number of guanidine groups is 1. The van der Waals surface area contributed by atoms with Gasteiger partial charge in [-0.1, -0.05) is 12.1 Å². The van der Waals surface area contributed by atoms with Gasteiger partial charge in [0.25, 0.3) is 0 Å². The van der Waals surface area contributed by atoms with Crippen LogP contribution in [0.1, 0.15) is 26.3 Å². The molecule has 2 N–H and O–H groups in total. The van der Waals surface area contributed by atoms with Crippen molar-refractivity contribution in [2.75, 3.05) is 19.7 Å². The largest absolute Gasteiger partial charge is 0.486 e. The molecule has 0 aliphatic rings. The summed E-state index contributed by atoms with van der Waals surface area (Å²) in [4.78, 5) is 8.71. The third kappa shape index (κ3) is 7.13. The highest BCUT2D eigenvalue weighted by atomic mass is 19.1. The zero-order valence-electron chi connectivity index (χ0n) is 16.0. The van der Waals surface area contributed by atoms with Crippen LogP contribution in [0.5, 0.6) is 11.6 Å². The van der Waals surface area contributed by atoms with Crippen LogP contribution >= 0.6 is 0 Å². The number of hydrogen-bond donors (Lipinski definition) is 2. The average molecular weight is 374 g/mol. The normalized spacial score (nSPS) is 12.4. The maximum atomic E-state index is 13.7. The fraction of sp³-hybridized carbons (Fsp3) is 0.400. The summed E-state index contributed by atoms with van der Waals surface area (Å²) in [5, 5.41) is 6.40. The van der Waals surface area contributed by atoms with Gasteiger partial charge in [-0.15, -0.1) is 0 Å². The molecule has 2 rings (SSSR count). The molecular weight excluding hydrogens is 347 g/mol. The van der Waals surface area contributed by atoms with Gasteiger partial charge in [0, 0.05) is 18.8 Å². The fourth-order valence-electron chi connectivity index (χ4n) is 2.33. The molecule has 146 valence electrons. The minimum absolute atomic E-state index is 0.226. The number of aliphatic imine (C=N–C) groups is 1. The Kier molecular flexibility index (Phi) is 8.35.